The van der Waals surface area contributed by atoms with Crippen molar-refractivity contribution in [3.05, 3.63) is 53.4 Å². The molecule has 1 aromatic carbocycles. The number of imidazole rings is 1. The average Bonchev–Trinajstić information content (AvgIpc) is 3.27. The Kier molecular flexibility index (Phi) is 4.70. The van der Waals surface area contributed by atoms with Gasteiger partial charge in [0.15, 0.2) is 0 Å². The van der Waals surface area contributed by atoms with Crippen LogP contribution in [0.25, 0.3) is 11.4 Å². The van der Waals surface area contributed by atoms with Crippen LogP contribution in [-0.4, -0.2) is 25.7 Å². The van der Waals surface area contributed by atoms with Crippen LogP contribution in [-0.2, 0) is 19.1 Å². The molecule has 148 valence electrons. The van der Waals surface area contributed by atoms with E-state index in [9.17, 15) is 13.2 Å². The molecule has 1 aliphatic heterocycles. The summed E-state index contributed by atoms with van der Waals surface area (Å²) in [5.41, 5.74) is 0.538. The summed E-state index contributed by atoms with van der Waals surface area (Å²) in [7, 11) is 0. The van der Waals surface area contributed by atoms with Gasteiger partial charge in [-0.3, -0.25) is 0 Å². The summed E-state index contributed by atoms with van der Waals surface area (Å²) < 4.78 is 46.2. The molecule has 4 rings (SSSR count). The molecule has 6 nitrogen and oxygen atoms in total. The summed E-state index contributed by atoms with van der Waals surface area (Å²) in [6.07, 6.45) is -0.553. The molecule has 0 saturated carbocycles. The van der Waals surface area contributed by atoms with Crippen molar-refractivity contribution in [3.8, 4) is 11.4 Å². The van der Waals surface area contributed by atoms with Gasteiger partial charge in [0.25, 0.3) is 0 Å². The van der Waals surface area contributed by atoms with E-state index in [1.54, 1.807) is 0 Å². The van der Waals surface area contributed by atoms with Crippen LogP contribution in [0.3, 0.4) is 0 Å². The molecule has 2 atom stereocenters. The minimum absolute atomic E-state index is 0.144. The van der Waals surface area contributed by atoms with E-state index >= 15 is 0 Å². The highest BCUT2D eigenvalue weighted by Crippen LogP contribution is 2.31. The molecule has 3 aromatic rings. The molecule has 2 aromatic heterocycles. The lowest BCUT2D eigenvalue weighted by Crippen LogP contribution is -2.38. The number of benzene rings is 1. The molecule has 0 saturated heterocycles. The van der Waals surface area contributed by atoms with Crippen molar-refractivity contribution in [2.45, 2.75) is 51.5 Å². The van der Waals surface area contributed by atoms with Gasteiger partial charge in [0, 0.05) is 30.8 Å². The van der Waals surface area contributed by atoms with Crippen LogP contribution in [0.2, 0.25) is 0 Å². The number of nitrogens with one attached hydrogen (secondary N) is 1. The maximum Gasteiger partial charge on any atom is 0.416 e. The lowest BCUT2D eigenvalue weighted by molar-refractivity contribution is -0.137. The SMILES string of the molecule is Cc1cn2c(n1)CCC(NC(C)c1nc(-c3cccc(C(F)(F)F)c3)no1)C2. The van der Waals surface area contributed by atoms with E-state index in [1.165, 1.54) is 12.1 Å². The third-order valence-electron chi connectivity index (χ3n) is 4.86. The number of nitrogens with zero attached hydrogens (tertiary/aromatic N) is 4. The quantitative estimate of drug-likeness (QED) is 0.730. The van der Waals surface area contributed by atoms with Gasteiger partial charge in [0.1, 0.15) is 5.82 Å². The van der Waals surface area contributed by atoms with E-state index in [0.717, 1.165) is 43.0 Å². The van der Waals surface area contributed by atoms with Crippen LogP contribution in [0.15, 0.2) is 35.0 Å². The Hall–Kier alpha value is -2.68. The Morgan fingerprint density at radius 3 is 2.89 bits per heavy atom. The summed E-state index contributed by atoms with van der Waals surface area (Å²) >= 11 is 0. The second-order valence-electron chi connectivity index (χ2n) is 7.11. The van der Waals surface area contributed by atoms with Crippen molar-refractivity contribution in [2.75, 3.05) is 0 Å². The molecule has 0 radical (unpaired) electrons. The summed E-state index contributed by atoms with van der Waals surface area (Å²) in [6, 6.07) is 4.91. The van der Waals surface area contributed by atoms with Gasteiger partial charge in [0.2, 0.25) is 11.7 Å². The number of hydrogen-bond donors (Lipinski definition) is 1. The first-order valence-electron chi connectivity index (χ1n) is 9.09. The Labute approximate surface area is 159 Å². The molecule has 0 aliphatic carbocycles. The molecule has 0 spiro atoms. The first-order chi connectivity index (χ1) is 13.3. The maximum atomic E-state index is 12.9. The Morgan fingerprint density at radius 1 is 1.29 bits per heavy atom. The van der Waals surface area contributed by atoms with Gasteiger partial charge in [-0.15, -0.1) is 0 Å². The minimum Gasteiger partial charge on any atom is -0.337 e. The van der Waals surface area contributed by atoms with Crippen LogP contribution < -0.4 is 5.32 Å². The van der Waals surface area contributed by atoms with Crippen molar-refractivity contribution >= 4 is 0 Å². The van der Waals surface area contributed by atoms with Gasteiger partial charge in [-0.05, 0) is 32.4 Å². The number of aryl methyl sites for hydroxylation is 2. The standard InChI is InChI=1S/C19H20F3N5O/c1-11-9-27-10-15(6-7-16(27)23-11)24-12(2)18-25-17(26-28-18)13-4-3-5-14(8-13)19(20,21)22/h3-5,8-9,12,15,24H,6-7,10H2,1-2H3. The summed E-state index contributed by atoms with van der Waals surface area (Å²) in [5, 5.41) is 7.32. The van der Waals surface area contributed by atoms with E-state index in [1.807, 2.05) is 20.0 Å². The maximum absolute atomic E-state index is 12.9. The molecule has 0 fully saturated rings. The predicted molar refractivity (Wildman–Crippen MR) is 95.4 cm³/mol. The first-order valence-corrected chi connectivity index (χ1v) is 9.09. The molecule has 3 heterocycles. The van der Waals surface area contributed by atoms with Crippen LogP contribution in [0.5, 0.6) is 0 Å². The molecule has 1 N–H and O–H groups in total. The number of hydrogen-bond acceptors (Lipinski definition) is 5. The molecule has 2 unspecified atom stereocenters. The van der Waals surface area contributed by atoms with Crippen LogP contribution in [0.1, 0.15) is 42.4 Å². The van der Waals surface area contributed by atoms with Crippen molar-refractivity contribution in [3.63, 3.8) is 0 Å². The highest BCUT2D eigenvalue weighted by atomic mass is 19.4. The molecule has 0 amide bonds. The monoisotopic (exact) mass is 391 g/mol. The summed E-state index contributed by atoms with van der Waals surface area (Å²) in [5.74, 6) is 1.58. The Balaban J connectivity index is 1.46. The highest BCUT2D eigenvalue weighted by Gasteiger charge is 2.31. The van der Waals surface area contributed by atoms with E-state index in [2.05, 4.69) is 25.0 Å². The lowest BCUT2D eigenvalue weighted by atomic mass is 10.1. The normalized spacial score (nSPS) is 18.1. The molecule has 28 heavy (non-hydrogen) atoms. The molecular formula is C19H20F3N5O. The predicted octanol–water partition coefficient (Wildman–Crippen LogP) is 3.93. The lowest BCUT2D eigenvalue weighted by Gasteiger charge is -2.26. The molecule has 0 bridgehead atoms. The fraction of sp³-hybridized carbons (Fsp3) is 0.421. The van der Waals surface area contributed by atoms with E-state index in [4.69, 9.17) is 4.52 Å². The van der Waals surface area contributed by atoms with E-state index in [-0.39, 0.29) is 23.5 Å². The van der Waals surface area contributed by atoms with Crippen molar-refractivity contribution in [2.24, 2.45) is 0 Å². The van der Waals surface area contributed by atoms with Crippen molar-refractivity contribution in [1.82, 2.24) is 25.0 Å². The summed E-state index contributed by atoms with van der Waals surface area (Å²) in [6.45, 7) is 4.68. The Morgan fingerprint density at radius 2 is 2.11 bits per heavy atom. The smallest absolute Gasteiger partial charge is 0.337 e. The zero-order valence-corrected chi connectivity index (χ0v) is 15.5. The number of fused-ring (bicyclic) bond motifs is 1. The first kappa shape index (κ1) is 18.7. The molecular weight excluding hydrogens is 371 g/mol. The zero-order valence-electron chi connectivity index (χ0n) is 15.5. The van der Waals surface area contributed by atoms with Crippen LogP contribution in [0.4, 0.5) is 13.2 Å². The average molecular weight is 391 g/mol. The number of halogens is 3. The fourth-order valence-corrected chi connectivity index (χ4v) is 3.51. The van der Waals surface area contributed by atoms with Gasteiger partial charge < -0.3 is 14.4 Å². The number of aromatic nitrogens is 4. The minimum atomic E-state index is -4.41. The van der Waals surface area contributed by atoms with Gasteiger partial charge in [-0.25, -0.2) is 4.98 Å². The largest absolute Gasteiger partial charge is 0.416 e. The second-order valence-corrected chi connectivity index (χ2v) is 7.11. The van der Waals surface area contributed by atoms with Gasteiger partial charge in [0.05, 0.1) is 17.3 Å². The van der Waals surface area contributed by atoms with E-state index < -0.39 is 11.7 Å². The zero-order chi connectivity index (χ0) is 19.9. The van der Waals surface area contributed by atoms with Gasteiger partial charge in [-0.1, -0.05) is 17.3 Å². The van der Waals surface area contributed by atoms with Crippen LogP contribution in [0, 0.1) is 6.92 Å². The highest BCUT2D eigenvalue weighted by molar-refractivity contribution is 5.55. The van der Waals surface area contributed by atoms with E-state index in [0.29, 0.717) is 5.89 Å². The Bertz CT molecular complexity index is 978. The van der Waals surface area contributed by atoms with Crippen molar-refractivity contribution < 1.29 is 17.7 Å². The fourth-order valence-electron chi connectivity index (χ4n) is 3.51. The molecule has 9 heteroatoms. The number of alkyl halides is 3. The third-order valence-corrected chi connectivity index (χ3v) is 4.86. The molecule has 1 aliphatic rings. The van der Waals surface area contributed by atoms with Crippen LogP contribution >= 0.6 is 0 Å². The van der Waals surface area contributed by atoms with Gasteiger partial charge in [-0.2, -0.15) is 18.2 Å². The van der Waals surface area contributed by atoms with Gasteiger partial charge >= 0.3 is 6.18 Å². The second kappa shape index (κ2) is 7.05. The topological polar surface area (TPSA) is 68.8 Å². The summed E-state index contributed by atoms with van der Waals surface area (Å²) in [4.78, 5) is 8.79. The number of rotatable bonds is 4. The third kappa shape index (κ3) is 3.80. The van der Waals surface area contributed by atoms with Crippen molar-refractivity contribution in [1.29, 1.82) is 0 Å².